The highest BCUT2D eigenvalue weighted by molar-refractivity contribution is 6.36. The average Bonchev–Trinajstić information content (AvgIpc) is 3.29. The third kappa shape index (κ3) is 5.14. The first-order valence-electron chi connectivity index (χ1n) is 11.5. The summed E-state index contributed by atoms with van der Waals surface area (Å²) in [4.78, 5) is 8.27. The number of oxime groups is 1. The highest BCUT2D eigenvalue weighted by Gasteiger charge is 2.39. The number of aryl methyl sites for hydroxylation is 1. The summed E-state index contributed by atoms with van der Waals surface area (Å²) < 4.78 is 0. The molecule has 1 aliphatic rings. The number of rotatable bonds is 6. The Morgan fingerprint density at radius 3 is 2.06 bits per heavy atom. The van der Waals surface area contributed by atoms with Crippen LogP contribution in [0.4, 0.5) is 17.1 Å². The number of anilines is 3. The number of nitrogens with one attached hydrogen (secondary N) is 1. The molecule has 0 saturated heterocycles. The first kappa shape index (κ1) is 23.3. The fourth-order valence-electron chi connectivity index (χ4n) is 4.26. The van der Waals surface area contributed by atoms with E-state index < -0.39 is 0 Å². The number of nitrogens with zero attached hydrogens (tertiary/aromatic N) is 2. The summed E-state index contributed by atoms with van der Waals surface area (Å²) in [7, 11) is 0. The maximum Gasteiger partial charge on any atom is 0.164 e. The standard InChI is InChI=1S/C29H25Cl2N3O/c1-20-12-14-21(15-13-20)28-25(19-32-27-17-16-22(30)18-26(27)31)29(33-35-28)34(23-8-4-2-5-9-23)24-10-6-3-7-11-24/h2-18,25,28,32H,19H2,1H3. The van der Waals surface area contributed by atoms with Crippen LogP contribution in [0.25, 0.3) is 0 Å². The normalized spacial score (nSPS) is 16.9. The molecule has 6 heteroatoms. The Balaban J connectivity index is 1.53. The Morgan fingerprint density at radius 1 is 0.829 bits per heavy atom. The van der Waals surface area contributed by atoms with Crippen molar-refractivity contribution in [2.24, 2.45) is 11.1 Å². The molecule has 5 rings (SSSR count). The fraction of sp³-hybridized carbons (Fsp3) is 0.138. The molecule has 4 aromatic rings. The molecule has 2 unspecified atom stereocenters. The number of benzene rings is 4. The lowest BCUT2D eigenvalue weighted by molar-refractivity contribution is 0.0640. The number of halogens is 2. The summed E-state index contributed by atoms with van der Waals surface area (Å²) in [6.07, 6.45) is -0.251. The predicted octanol–water partition coefficient (Wildman–Crippen LogP) is 8.25. The second kappa shape index (κ2) is 10.4. The maximum absolute atomic E-state index is 6.46. The molecule has 176 valence electrons. The van der Waals surface area contributed by atoms with Gasteiger partial charge in [-0.15, -0.1) is 0 Å². The van der Waals surface area contributed by atoms with Gasteiger partial charge < -0.3 is 10.2 Å². The monoisotopic (exact) mass is 501 g/mol. The highest BCUT2D eigenvalue weighted by Crippen LogP contribution is 2.39. The van der Waals surface area contributed by atoms with E-state index in [0.29, 0.717) is 16.6 Å². The van der Waals surface area contributed by atoms with Gasteiger partial charge in [0, 0.05) is 22.9 Å². The zero-order valence-corrected chi connectivity index (χ0v) is 20.7. The molecule has 0 spiro atoms. The lowest BCUT2D eigenvalue weighted by Gasteiger charge is -2.29. The van der Waals surface area contributed by atoms with Gasteiger partial charge in [0.05, 0.1) is 16.6 Å². The Labute approximate surface area is 215 Å². The van der Waals surface area contributed by atoms with Gasteiger partial charge in [-0.1, -0.05) is 94.6 Å². The van der Waals surface area contributed by atoms with Crippen molar-refractivity contribution in [3.63, 3.8) is 0 Å². The number of hydrogen-bond acceptors (Lipinski definition) is 4. The van der Waals surface area contributed by atoms with Crippen LogP contribution in [-0.4, -0.2) is 12.4 Å². The molecule has 0 saturated carbocycles. The van der Waals surface area contributed by atoms with E-state index in [4.69, 9.17) is 28.0 Å². The minimum absolute atomic E-state index is 0.0927. The second-order valence-electron chi connectivity index (χ2n) is 8.50. The van der Waals surface area contributed by atoms with Gasteiger partial charge in [-0.05, 0) is 55.0 Å². The molecule has 0 aliphatic carbocycles. The predicted molar refractivity (Wildman–Crippen MR) is 146 cm³/mol. The zero-order valence-electron chi connectivity index (χ0n) is 19.2. The summed E-state index contributed by atoms with van der Waals surface area (Å²) in [6.45, 7) is 2.64. The van der Waals surface area contributed by atoms with Gasteiger partial charge in [0.1, 0.15) is 0 Å². The molecule has 1 N–H and O–H groups in total. The highest BCUT2D eigenvalue weighted by atomic mass is 35.5. The first-order chi connectivity index (χ1) is 17.1. The quantitative estimate of drug-likeness (QED) is 0.288. The van der Waals surface area contributed by atoms with Crippen molar-refractivity contribution in [1.29, 1.82) is 0 Å². The summed E-state index contributed by atoms with van der Waals surface area (Å²) in [6, 6.07) is 34.3. The van der Waals surface area contributed by atoms with Crippen LogP contribution in [-0.2, 0) is 4.84 Å². The summed E-state index contributed by atoms with van der Waals surface area (Å²) >= 11 is 12.6. The molecule has 0 aromatic heterocycles. The molecule has 2 atom stereocenters. The second-order valence-corrected chi connectivity index (χ2v) is 9.35. The zero-order chi connectivity index (χ0) is 24.2. The molecule has 35 heavy (non-hydrogen) atoms. The van der Waals surface area contributed by atoms with Crippen LogP contribution in [0.1, 0.15) is 17.2 Å². The van der Waals surface area contributed by atoms with Gasteiger partial charge in [0.2, 0.25) is 0 Å². The third-order valence-corrected chi connectivity index (χ3v) is 6.61. The van der Waals surface area contributed by atoms with Gasteiger partial charge in [-0.2, -0.15) is 0 Å². The molecule has 1 aliphatic heterocycles. The summed E-state index contributed by atoms with van der Waals surface area (Å²) in [5.74, 6) is 0.732. The van der Waals surface area contributed by atoms with Crippen molar-refractivity contribution < 1.29 is 4.84 Å². The van der Waals surface area contributed by atoms with Crippen LogP contribution in [0.2, 0.25) is 10.0 Å². The number of amidine groups is 1. The van der Waals surface area contributed by atoms with Gasteiger partial charge in [0.15, 0.2) is 11.9 Å². The number of para-hydroxylation sites is 2. The van der Waals surface area contributed by atoms with E-state index in [2.05, 4.69) is 70.8 Å². The molecular weight excluding hydrogens is 477 g/mol. The largest absolute Gasteiger partial charge is 0.385 e. The van der Waals surface area contributed by atoms with E-state index in [9.17, 15) is 0 Å². The van der Waals surface area contributed by atoms with E-state index in [1.807, 2.05) is 48.5 Å². The molecule has 0 fully saturated rings. The van der Waals surface area contributed by atoms with Crippen LogP contribution in [0.15, 0.2) is 108 Å². The van der Waals surface area contributed by atoms with Crippen LogP contribution < -0.4 is 10.2 Å². The van der Waals surface area contributed by atoms with E-state index in [-0.39, 0.29) is 12.0 Å². The molecule has 0 amide bonds. The van der Waals surface area contributed by atoms with Gasteiger partial charge in [-0.25, -0.2) is 0 Å². The third-order valence-electron chi connectivity index (χ3n) is 6.06. The molecule has 1 heterocycles. The van der Waals surface area contributed by atoms with Gasteiger partial charge in [-0.3, -0.25) is 4.90 Å². The van der Waals surface area contributed by atoms with Gasteiger partial charge >= 0.3 is 0 Å². The lowest BCUT2D eigenvalue weighted by Crippen LogP contribution is -2.36. The van der Waals surface area contributed by atoms with Gasteiger partial charge in [0.25, 0.3) is 0 Å². The Morgan fingerprint density at radius 2 is 1.46 bits per heavy atom. The smallest absolute Gasteiger partial charge is 0.164 e. The van der Waals surface area contributed by atoms with Crippen molar-refractivity contribution in [3.05, 3.63) is 124 Å². The van der Waals surface area contributed by atoms with Crippen molar-refractivity contribution >= 4 is 46.1 Å². The lowest BCUT2D eigenvalue weighted by atomic mass is 9.93. The number of hydrogen-bond donors (Lipinski definition) is 1. The maximum atomic E-state index is 6.46. The van der Waals surface area contributed by atoms with E-state index in [0.717, 1.165) is 28.5 Å². The topological polar surface area (TPSA) is 36.9 Å². The van der Waals surface area contributed by atoms with Crippen molar-refractivity contribution in [2.75, 3.05) is 16.8 Å². The summed E-state index contributed by atoms with van der Waals surface area (Å²) in [5, 5.41) is 9.33. The van der Waals surface area contributed by atoms with Crippen LogP contribution in [0.3, 0.4) is 0 Å². The van der Waals surface area contributed by atoms with Crippen LogP contribution >= 0.6 is 23.2 Å². The minimum Gasteiger partial charge on any atom is -0.385 e. The minimum atomic E-state index is -0.251. The Kier molecular flexibility index (Phi) is 6.94. The van der Waals surface area contributed by atoms with E-state index in [1.54, 1.807) is 6.07 Å². The molecular formula is C29H25Cl2N3O. The van der Waals surface area contributed by atoms with Crippen LogP contribution in [0.5, 0.6) is 0 Å². The molecule has 4 nitrogen and oxygen atoms in total. The Bertz CT molecular complexity index is 1270. The summed E-state index contributed by atoms with van der Waals surface area (Å²) in [5.41, 5.74) is 5.12. The average molecular weight is 502 g/mol. The van der Waals surface area contributed by atoms with E-state index >= 15 is 0 Å². The van der Waals surface area contributed by atoms with E-state index in [1.165, 1.54) is 5.56 Å². The Hall–Kier alpha value is -3.47. The van der Waals surface area contributed by atoms with Crippen molar-refractivity contribution in [1.82, 2.24) is 0 Å². The van der Waals surface area contributed by atoms with Crippen molar-refractivity contribution in [2.45, 2.75) is 13.0 Å². The molecule has 4 aromatic carbocycles. The van der Waals surface area contributed by atoms with Crippen molar-refractivity contribution in [3.8, 4) is 0 Å². The molecule has 0 bridgehead atoms. The first-order valence-corrected chi connectivity index (χ1v) is 12.2. The SMILES string of the molecule is Cc1ccc(C2ON=C(N(c3ccccc3)c3ccccc3)C2CNc2ccc(Cl)cc2Cl)cc1. The fourth-order valence-corrected chi connectivity index (χ4v) is 4.74. The molecule has 0 radical (unpaired) electrons. The van der Waals surface area contributed by atoms with Crippen LogP contribution in [0, 0.1) is 12.8 Å².